The maximum absolute atomic E-state index is 10.0. The standard InChI is InChI=1S/C8H15NO2S/c9-7(2-1-3-12-6-7)8(10)4-11-5-8/h10H,1-6,9H2. The third-order valence-corrected chi connectivity index (χ3v) is 4.18. The molecule has 2 rings (SSSR count). The topological polar surface area (TPSA) is 55.5 Å². The van der Waals surface area contributed by atoms with Crippen LogP contribution in [-0.4, -0.2) is 41.0 Å². The smallest absolute Gasteiger partial charge is 0.130 e. The summed E-state index contributed by atoms with van der Waals surface area (Å²) in [6.45, 7) is 0.841. The van der Waals surface area contributed by atoms with E-state index in [0.29, 0.717) is 13.2 Å². The molecule has 0 saturated carbocycles. The lowest BCUT2D eigenvalue weighted by molar-refractivity contribution is -0.211. The Labute approximate surface area is 76.7 Å². The Hall–Kier alpha value is 0.230. The van der Waals surface area contributed by atoms with Crippen LogP contribution in [0.3, 0.4) is 0 Å². The van der Waals surface area contributed by atoms with Crippen LogP contribution in [0.4, 0.5) is 0 Å². The van der Waals surface area contributed by atoms with Crippen molar-refractivity contribution in [1.29, 1.82) is 0 Å². The fraction of sp³-hybridized carbons (Fsp3) is 1.00. The van der Waals surface area contributed by atoms with E-state index in [1.54, 1.807) is 0 Å². The summed E-state index contributed by atoms with van der Waals surface area (Å²) in [5.41, 5.74) is 5.02. The van der Waals surface area contributed by atoms with Gasteiger partial charge in [0.1, 0.15) is 5.60 Å². The summed E-state index contributed by atoms with van der Waals surface area (Å²) < 4.78 is 5.02. The van der Waals surface area contributed by atoms with Gasteiger partial charge in [0.15, 0.2) is 0 Å². The van der Waals surface area contributed by atoms with E-state index in [1.165, 1.54) is 5.75 Å². The Morgan fingerprint density at radius 2 is 2.17 bits per heavy atom. The van der Waals surface area contributed by atoms with Crippen LogP contribution in [0.2, 0.25) is 0 Å². The number of thioether (sulfide) groups is 1. The van der Waals surface area contributed by atoms with Crippen LogP contribution < -0.4 is 5.73 Å². The minimum absolute atomic E-state index is 0.395. The first-order valence-electron chi connectivity index (χ1n) is 4.33. The average molecular weight is 189 g/mol. The van der Waals surface area contributed by atoms with Crippen molar-refractivity contribution in [3.05, 3.63) is 0 Å². The van der Waals surface area contributed by atoms with Crippen LogP contribution in [0.15, 0.2) is 0 Å². The summed E-state index contributed by atoms with van der Waals surface area (Å²) in [7, 11) is 0. The van der Waals surface area contributed by atoms with Crippen LogP contribution in [0, 0.1) is 0 Å². The Bertz CT molecular complexity index is 176. The Balaban J connectivity index is 2.07. The van der Waals surface area contributed by atoms with Crippen molar-refractivity contribution in [2.45, 2.75) is 24.0 Å². The summed E-state index contributed by atoms with van der Waals surface area (Å²) in [6, 6.07) is 0. The zero-order valence-corrected chi connectivity index (χ0v) is 7.90. The maximum atomic E-state index is 10.0. The molecule has 2 aliphatic rings. The molecule has 0 bridgehead atoms. The van der Waals surface area contributed by atoms with E-state index in [9.17, 15) is 5.11 Å². The third-order valence-electron chi connectivity index (χ3n) is 2.88. The molecule has 0 aromatic heterocycles. The van der Waals surface area contributed by atoms with Crippen molar-refractivity contribution in [1.82, 2.24) is 0 Å². The van der Waals surface area contributed by atoms with Gasteiger partial charge in [-0.2, -0.15) is 11.8 Å². The fourth-order valence-electron chi connectivity index (χ4n) is 1.77. The van der Waals surface area contributed by atoms with Crippen LogP contribution in [0.1, 0.15) is 12.8 Å². The van der Waals surface area contributed by atoms with Crippen LogP contribution in [-0.2, 0) is 4.74 Å². The van der Waals surface area contributed by atoms with E-state index >= 15 is 0 Å². The largest absolute Gasteiger partial charge is 0.383 e. The summed E-state index contributed by atoms with van der Waals surface area (Å²) >= 11 is 1.84. The molecule has 0 aromatic carbocycles. The molecule has 0 amide bonds. The quantitative estimate of drug-likeness (QED) is 0.608. The maximum Gasteiger partial charge on any atom is 0.130 e. The number of hydrogen-bond donors (Lipinski definition) is 2. The highest BCUT2D eigenvalue weighted by atomic mass is 32.2. The molecule has 3 N–H and O–H groups in total. The molecule has 0 aliphatic carbocycles. The van der Waals surface area contributed by atoms with E-state index in [1.807, 2.05) is 11.8 Å². The minimum atomic E-state index is -0.736. The van der Waals surface area contributed by atoms with Crippen molar-refractivity contribution in [2.24, 2.45) is 5.73 Å². The zero-order chi connectivity index (χ0) is 8.66. The molecule has 2 fully saturated rings. The van der Waals surface area contributed by atoms with Gasteiger partial charge in [0, 0.05) is 5.75 Å². The molecule has 1 atom stereocenters. The van der Waals surface area contributed by atoms with E-state index in [-0.39, 0.29) is 0 Å². The minimum Gasteiger partial charge on any atom is -0.383 e. The second-order valence-corrected chi connectivity index (χ2v) is 4.94. The number of hydrogen-bond acceptors (Lipinski definition) is 4. The monoisotopic (exact) mass is 189 g/mol. The first kappa shape index (κ1) is 8.81. The van der Waals surface area contributed by atoms with Crippen molar-refractivity contribution < 1.29 is 9.84 Å². The second-order valence-electron chi connectivity index (χ2n) is 3.84. The van der Waals surface area contributed by atoms with Gasteiger partial charge in [0.2, 0.25) is 0 Å². The molecule has 1 unspecified atom stereocenters. The predicted octanol–water partition coefficient (Wildman–Crippen LogP) is -0.0278. The second kappa shape index (κ2) is 2.87. The van der Waals surface area contributed by atoms with Crippen molar-refractivity contribution in [3.8, 4) is 0 Å². The number of aliphatic hydroxyl groups is 1. The molecule has 0 aromatic rings. The molecule has 2 aliphatic heterocycles. The summed E-state index contributed by atoms with van der Waals surface area (Å²) in [5, 5.41) is 10.0. The lowest BCUT2D eigenvalue weighted by atomic mass is 9.77. The highest BCUT2D eigenvalue weighted by molar-refractivity contribution is 7.99. The molecule has 70 valence electrons. The summed E-state index contributed by atoms with van der Waals surface area (Å²) in [6.07, 6.45) is 2.04. The van der Waals surface area contributed by atoms with E-state index in [0.717, 1.165) is 18.6 Å². The highest BCUT2D eigenvalue weighted by Crippen LogP contribution is 2.37. The van der Waals surface area contributed by atoms with Gasteiger partial charge in [0.25, 0.3) is 0 Å². The van der Waals surface area contributed by atoms with Gasteiger partial charge in [-0.15, -0.1) is 0 Å². The van der Waals surface area contributed by atoms with E-state index < -0.39 is 11.1 Å². The lowest BCUT2D eigenvalue weighted by Crippen LogP contribution is -2.72. The predicted molar refractivity (Wildman–Crippen MR) is 49.2 cm³/mol. The zero-order valence-electron chi connectivity index (χ0n) is 7.08. The van der Waals surface area contributed by atoms with Gasteiger partial charge in [-0.1, -0.05) is 0 Å². The number of ether oxygens (including phenoxy) is 1. The molecular weight excluding hydrogens is 174 g/mol. The Morgan fingerprint density at radius 3 is 2.58 bits per heavy atom. The van der Waals surface area contributed by atoms with Crippen molar-refractivity contribution >= 4 is 11.8 Å². The number of nitrogens with two attached hydrogens (primary N) is 1. The summed E-state index contributed by atoms with van der Waals surface area (Å²) in [5.74, 6) is 2.04. The average Bonchev–Trinajstić information content (AvgIpc) is 2.01. The Kier molecular flexibility index (Phi) is 2.11. The van der Waals surface area contributed by atoms with Crippen LogP contribution in [0.25, 0.3) is 0 Å². The molecule has 2 heterocycles. The molecular formula is C8H15NO2S. The van der Waals surface area contributed by atoms with Gasteiger partial charge < -0.3 is 15.6 Å². The number of rotatable bonds is 1. The van der Waals surface area contributed by atoms with E-state index in [4.69, 9.17) is 10.5 Å². The molecule has 12 heavy (non-hydrogen) atoms. The van der Waals surface area contributed by atoms with Crippen LogP contribution >= 0.6 is 11.8 Å². The van der Waals surface area contributed by atoms with E-state index in [2.05, 4.69) is 0 Å². The molecule has 4 heteroatoms. The molecule has 0 spiro atoms. The van der Waals surface area contributed by atoms with Gasteiger partial charge in [-0.25, -0.2) is 0 Å². The van der Waals surface area contributed by atoms with Gasteiger partial charge in [-0.3, -0.25) is 0 Å². The van der Waals surface area contributed by atoms with Gasteiger partial charge in [-0.05, 0) is 18.6 Å². The SMILES string of the molecule is NC1(C2(O)COC2)CCCSC1. The molecule has 3 nitrogen and oxygen atoms in total. The summed E-state index contributed by atoms with van der Waals surface area (Å²) in [4.78, 5) is 0. The normalized spacial score (nSPS) is 40.5. The first-order valence-corrected chi connectivity index (χ1v) is 5.49. The first-order chi connectivity index (χ1) is 5.66. The van der Waals surface area contributed by atoms with Crippen LogP contribution in [0.5, 0.6) is 0 Å². The molecule has 2 saturated heterocycles. The third kappa shape index (κ3) is 1.18. The van der Waals surface area contributed by atoms with Gasteiger partial charge in [0.05, 0.1) is 18.8 Å². The van der Waals surface area contributed by atoms with Crippen molar-refractivity contribution in [2.75, 3.05) is 24.7 Å². The molecule has 0 radical (unpaired) electrons. The Morgan fingerprint density at radius 1 is 1.42 bits per heavy atom. The van der Waals surface area contributed by atoms with Crippen molar-refractivity contribution in [3.63, 3.8) is 0 Å². The highest BCUT2D eigenvalue weighted by Gasteiger charge is 2.53. The fourth-order valence-corrected chi connectivity index (χ4v) is 3.04. The van der Waals surface area contributed by atoms with Gasteiger partial charge >= 0.3 is 0 Å². The lowest BCUT2D eigenvalue weighted by Gasteiger charge is -2.51.